The van der Waals surface area contributed by atoms with Crippen LogP contribution in [0.4, 0.5) is 4.39 Å². The van der Waals surface area contributed by atoms with Crippen LogP contribution in [0.3, 0.4) is 0 Å². The van der Waals surface area contributed by atoms with Gasteiger partial charge in [-0.05, 0) is 49.0 Å². The van der Waals surface area contributed by atoms with E-state index in [9.17, 15) is 4.39 Å². The van der Waals surface area contributed by atoms with Crippen LogP contribution in [0.15, 0.2) is 24.3 Å². The van der Waals surface area contributed by atoms with Crippen molar-refractivity contribution in [2.45, 2.75) is 59.0 Å². The van der Waals surface area contributed by atoms with E-state index in [-0.39, 0.29) is 11.9 Å². The molecule has 2 heteroatoms. The molecule has 1 aromatic rings. The summed E-state index contributed by atoms with van der Waals surface area (Å²) >= 11 is 0. The zero-order valence-electron chi connectivity index (χ0n) is 13.0. The Bertz CT molecular complexity index is 505. The molecule has 1 aromatic carbocycles. The standard InChI is InChI=1S/C18H26FN/c1-12(14-7-5-6-8-15(14)19)20-16-17(2,3)13-9-10-18(16,4)11-13/h5-8,12-13,16,20H,9-11H2,1-4H3. The van der Waals surface area contributed by atoms with Crippen molar-refractivity contribution in [1.82, 2.24) is 5.32 Å². The van der Waals surface area contributed by atoms with Crippen LogP contribution >= 0.6 is 0 Å². The molecule has 4 atom stereocenters. The molecule has 0 spiro atoms. The molecule has 0 radical (unpaired) electrons. The summed E-state index contributed by atoms with van der Waals surface area (Å²) in [6.45, 7) is 9.26. The van der Waals surface area contributed by atoms with Gasteiger partial charge in [-0.15, -0.1) is 0 Å². The van der Waals surface area contributed by atoms with Crippen LogP contribution in [0.2, 0.25) is 0 Å². The molecule has 1 N–H and O–H groups in total. The lowest BCUT2D eigenvalue weighted by Gasteiger charge is -2.44. The van der Waals surface area contributed by atoms with Crippen molar-refractivity contribution in [2.24, 2.45) is 16.7 Å². The van der Waals surface area contributed by atoms with Crippen LogP contribution in [0.25, 0.3) is 0 Å². The molecule has 2 bridgehead atoms. The van der Waals surface area contributed by atoms with Gasteiger partial charge in [-0.3, -0.25) is 0 Å². The van der Waals surface area contributed by atoms with Crippen molar-refractivity contribution < 1.29 is 4.39 Å². The van der Waals surface area contributed by atoms with Crippen LogP contribution in [0.5, 0.6) is 0 Å². The van der Waals surface area contributed by atoms with Crippen LogP contribution in [0, 0.1) is 22.6 Å². The molecule has 2 fully saturated rings. The van der Waals surface area contributed by atoms with Gasteiger partial charge in [0, 0.05) is 17.6 Å². The maximum Gasteiger partial charge on any atom is 0.127 e. The van der Waals surface area contributed by atoms with Crippen molar-refractivity contribution in [3.8, 4) is 0 Å². The maximum atomic E-state index is 13.9. The third-order valence-electron chi connectivity index (χ3n) is 6.06. The van der Waals surface area contributed by atoms with Crippen LogP contribution in [-0.2, 0) is 0 Å². The highest BCUT2D eigenvalue weighted by Gasteiger charge is 2.59. The van der Waals surface area contributed by atoms with E-state index >= 15 is 0 Å². The lowest BCUT2D eigenvalue weighted by molar-refractivity contribution is 0.0998. The Morgan fingerprint density at radius 3 is 2.55 bits per heavy atom. The summed E-state index contributed by atoms with van der Waals surface area (Å²) in [6, 6.07) is 7.68. The lowest BCUT2D eigenvalue weighted by atomic mass is 9.68. The lowest BCUT2D eigenvalue weighted by Crippen LogP contribution is -2.51. The fourth-order valence-electron chi connectivity index (χ4n) is 4.88. The predicted molar refractivity (Wildman–Crippen MR) is 81.0 cm³/mol. The van der Waals surface area contributed by atoms with Crippen LogP contribution < -0.4 is 5.32 Å². The van der Waals surface area contributed by atoms with E-state index < -0.39 is 0 Å². The molecule has 0 saturated heterocycles. The number of hydrogen-bond donors (Lipinski definition) is 1. The van der Waals surface area contributed by atoms with Gasteiger partial charge in [-0.25, -0.2) is 4.39 Å². The van der Waals surface area contributed by atoms with Gasteiger partial charge in [0.15, 0.2) is 0 Å². The van der Waals surface area contributed by atoms with Gasteiger partial charge in [0.05, 0.1) is 0 Å². The SMILES string of the molecule is CC(NC1C2(C)CCC(C2)C1(C)C)c1ccccc1F. The zero-order valence-corrected chi connectivity index (χ0v) is 13.0. The largest absolute Gasteiger partial charge is 0.306 e. The predicted octanol–water partition coefficient (Wildman–Crippen LogP) is 4.69. The minimum atomic E-state index is -0.0985. The molecular formula is C18H26FN. The van der Waals surface area contributed by atoms with E-state index in [2.05, 4.69) is 33.0 Å². The second-order valence-corrected chi connectivity index (χ2v) is 7.76. The van der Waals surface area contributed by atoms with Gasteiger partial charge >= 0.3 is 0 Å². The molecule has 2 aliphatic rings. The summed E-state index contributed by atoms with van der Waals surface area (Å²) in [7, 11) is 0. The summed E-state index contributed by atoms with van der Waals surface area (Å²) < 4.78 is 13.9. The van der Waals surface area contributed by atoms with E-state index in [1.54, 1.807) is 12.1 Å². The first-order chi connectivity index (χ1) is 9.34. The highest BCUT2D eigenvalue weighted by atomic mass is 19.1. The molecule has 1 nitrogen and oxygen atoms in total. The number of halogens is 1. The molecule has 0 aliphatic heterocycles. The van der Waals surface area contributed by atoms with Gasteiger partial charge in [-0.1, -0.05) is 39.0 Å². The van der Waals surface area contributed by atoms with Crippen molar-refractivity contribution in [3.05, 3.63) is 35.6 Å². The zero-order chi connectivity index (χ0) is 14.5. The summed E-state index contributed by atoms with van der Waals surface area (Å²) in [5.74, 6) is 0.719. The van der Waals surface area contributed by atoms with Crippen molar-refractivity contribution in [2.75, 3.05) is 0 Å². The second-order valence-electron chi connectivity index (χ2n) is 7.76. The topological polar surface area (TPSA) is 12.0 Å². The van der Waals surface area contributed by atoms with E-state index in [0.29, 0.717) is 16.9 Å². The van der Waals surface area contributed by atoms with Crippen molar-refractivity contribution >= 4 is 0 Å². The molecule has 0 amide bonds. The Labute approximate surface area is 122 Å². The number of benzene rings is 1. The van der Waals surface area contributed by atoms with Gasteiger partial charge in [-0.2, -0.15) is 0 Å². The molecule has 2 aliphatic carbocycles. The first-order valence-corrected chi connectivity index (χ1v) is 7.85. The highest BCUT2D eigenvalue weighted by Crippen LogP contribution is 2.62. The van der Waals surface area contributed by atoms with Gasteiger partial charge < -0.3 is 5.32 Å². The second kappa shape index (κ2) is 4.56. The van der Waals surface area contributed by atoms with Crippen LogP contribution in [-0.4, -0.2) is 6.04 Å². The third kappa shape index (κ3) is 2.00. The molecule has 110 valence electrons. The molecule has 0 aromatic heterocycles. The summed E-state index contributed by atoms with van der Waals surface area (Å²) in [5.41, 5.74) is 1.48. The quantitative estimate of drug-likeness (QED) is 0.843. The fourth-order valence-corrected chi connectivity index (χ4v) is 4.88. The Morgan fingerprint density at radius 1 is 1.25 bits per heavy atom. The van der Waals surface area contributed by atoms with E-state index in [0.717, 1.165) is 11.5 Å². The Morgan fingerprint density at radius 2 is 1.95 bits per heavy atom. The molecule has 4 unspecified atom stereocenters. The Balaban J connectivity index is 1.83. The van der Waals surface area contributed by atoms with E-state index in [1.165, 1.54) is 19.3 Å². The molecular weight excluding hydrogens is 249 g/mol. The number of nitrogens with one attached hydrogen (secondary N) is 1. The molecule has 0 heterocycles. The monoisotopic (exact) mass is 275 g/mol. The molecule has 20 heavy (non-hydrogen) atoms. The highest BCUT2D eigenvalue weighted by molar-refractivity contribution is 5.22. The summed E-state index contributed by atoms with van der Waals surface area (Å²) in [6.07, 6.45) is 3.99. The summed E-state index contributed by atoms with van der Waals surface area (Å²) in [4.78, 5) is 0. The number of fused-ring (bicyclic) bond motifs is 2. The first kappa shape index (κ1) is 14.1. The van der Waals surface area contributed by atoms with Crippen molar-refractivity contribution in [3.63, 3.8) is 0 Å². The average Bonchev–Trinajstić information content (AvgIpc) is 2.86. The normalized spacial score (nSPS) is 36.2. The average molecular weight is 275 g/mol. The third-order valence-corrected chi connectivity index (χ3v) is 6.06. The maximum absolute atomic E-state index is 13.9. The van der Waals surface area contributed by atoms with Gasteiger partial charge in [0.25, 0.3) is 0 Å². The van der Waals surface area contributed by atoms with Gasteiger partial charge in [0.1, 0.15) is 5.82 Å². The Hall–Kier alpha value is -0.890. The van der Waals surface area contributed by atoms with E-state index in [1.807, 2.05) is 12.1 Å². The van der Waals surface area contributed by atoms with E-state index in [4.69, 9.17) is 0 Å². The number of rotatable bonds is 3. The number of hydrogen-bond acceptors (Lipinski definition) is 1. The smallest absolute Gasteiger partial charge is 0.127 e. The first-order valence-electron chi connectivity index (χ1n) is 7.85. The fraction of sp³-hybridized carbons (Fsp3) is 0.667. The van der Waals surface area contributed by atoms with Gasteiger partial charge in [0.2, 0.25) is 0 Å². The van der Waals surface area contributed by atoms with Crippen LogP contribution in [0.1, 0.15) is 58.6 Å². The molecule has 3 rings (SSSR count). The Kier molecular flexibility index (Phi) is 3.20. The minimum absolute atomic E-state index is 0.0663. The molecule has 2 saturated carbocycles. The summed E-state index contributed by atoms with van der Waals surface area (Å²) in [5, 5.41) is 3.76. The minimum Gasteiger partial charge on any atom is -0.306 e. The van der Waals surface area contributed by atoms with Crippen molar-refractivity contribution in [1.29, 1.82) is 0 Å².